The summed E-state index contributed by atoms with van der Waals surface area (Å²) < 4.78 is 0. The second-order valence-corrected chi connectivity index (χ2v) is 5.51. The van der Waals surface area contributed by atoms with Gasteiger partial charge in [-0.2, -0.15) is 0 Å². The van der Waals surface area contributed by atoms with Crippen LogP contribution in [0.4, 0.5) is 0 Å². The zero-order chi connectivity index (χ0) is 12.7. The average Bonchev–Trinajstić information content (AvgIpc) is 2.86. The van der Waals surface area contributed by atoms with Crippen LogP contribution in [0.25, 0.3) is 0 Å². The minimum absolute atomic E-state index is 0.514. The van der Waals surface area contributed by atoms with Gasteiger partial charge in [-0.3, -0.25) is 0 Å². The summed E-state index contributed by atoms with van der Waals surface area (Å²) >= 11 is 1.85. The molecule has 0 spiro atoms. The number of hydrogen-bond acceptors (Lipinski definition) is 3. The minimum Gasteiger partial charge on any atom is -0.305 e. The highest BCUT2D eigenvalue weighted by Gasteiger charge is 2.14. The highest BCUT2D eigenvalue weighted by atomic mass is 32.1. The van der Waals surface area contributed by atoms with E-state index in [-0.39, 0.29) is 0 Å². The van der Waals surface area contributed by atoms with Crippen molar-refractivity contribution in [1.29, 1.82) is 0 Å². The molecule has 17 heavy (non-hydrogen) atoms. The Bertz CT molecular complexity index is 280. The zero-order valence-corrected chi connectivity index (χ0v) is 12.4. The first-order valence-electron chi connectivity index (χ1n) is 6.73. The van der Waals surface area contributed by atoms with E-state index in [1.165, 1.54) is 4.88 Å². The Morgan fingerprint density at radius 2 is 2.00 bits per heavy atom. The Balaban J connectivity index is 2.45. The van der Waals surface area contributed by atoms with Crippen LogP contribution in [-0.2, 0) is 0 Å². The molecule has 0 amide bonds. The van der Waals surface area contributed by atoms with E-state index < -0.39 is 0 Å². The van der Waals surface area contributed by atoms with Gasteiger partial charge in [0.15, 0.2) is 0 Å². The summed E-state index contributed by atoms with van der Waals surface area (Å²) in [6.07, 6.45) is 1.16. The van der Waals surface area contributed by atoms with Gasteiger partial charge in [0.1, 0.15) is 0 Å². The lowest BCUT2D eigenvalue weighted by molar-refractivity contribution is 0.261. The lowest BCUT2D eigenvalue weighted by Crippen LogP contribution is -2.40. The largest absolute Gasteiger partial charge is 0.305 e. The SMILES string of the molecule is CCC(NC(C)CN(CC)CC)c1cccs1. The molecule has 0 saturated carbocycles. The van der Waals surface area contributed by atoms with Gasteiger partial charge in [-0.15, -0.1) is 11.3 Å². The minimum atomic E-state index is 0.514. The lowest BCUT2D eigenvalue weighted by atomic mass is 10.1. The van der Waals surface area contributed by atoms with Gasteiger partial charge in [-0.05, 0) is 37.9 Å². The second-order valence-electron chi connectivity index (χ2n) is 4.53. The van der Waals surface area contributed by atoms with Crippen molar-refractivity contribution in [2.45, 2.75) is 46.2 Å². The van der Waals surface area contributed by atoms with Crippen molar-refractivity contribution in [2.75, 3.05) is 19.6 Å². The van der Waals surface area contributed by atoms with Gasteiger partial charge >= 0.3 is 0 Å². The van der Waals surface area contributed by atoms with Crippen LogP contribution in [0, 0.1) is 0 Å². The van der Waals surface area contributed by atoms with Gasteiger partial charge in [0.25, 0.3) is 0 Å². The molecule has 1 heterocycles. The Labute approximate surface area is 110 Å². The van der Waals surface area contributed by atoms with E-state index in [1.807, 2.05) is 11.3 Å². The normalized spacial score (nSPS) is 15.1. The van der Waals surface area contributed by atoms with Crippen molar-refractivity contribution < 1.29 is 0 Å². The highest BCUT2D eigenvalue weighted by molar-refractivity contribution is 7.10. The van der Waals surface area contributed by atoms with Crippen molar-refractivity contribution >= 4 is 11.3 Å². The molecule has 98 valence electrons. The smallest absolute Gasteiger partial charge is 0.0414 e. The summed E-state index contributed by atoms with van der Waals surface area (Å²) in [5.41, 5.74) is 0. The van der Waals surface area contributed by atoms with Crippen molar-refractivity contribution in [3.05, 3.63) is 22.4 Å². The fourth-order valence-corrected chi connectivity index (χ4v) is 3.03. The van der Waals surface area contributed by atoms with Crippen LogP contribution >= 0.6 is 11.3 Å². The molecule has 0 aliphatic carbocycles. The predicted molar refractivity (Wildman–Crippen MR) is 77.7 cm³/mol. The van der Waals surface area contributed by atoms with Crippen LogP contribution in [0.2, 0.25) is 0 Å². The molecule has 0 radical (unpaired) electrons. The Morgan fingerprint density at radius 3 is 2.47 bits per heavy atom. The first-order chi connectivity index (χ1) is 8.21. The summed E-state index contributed by atoms with van der Waals surface area (Å²) in [5.74, 6) is 0. The molecule has 1 aromatic heterocycles. The van der Waals surface area contributed by atoms with Gasteiger partial charge in [0.05, 0.1) is 0 Å². The summed E-state index contributed by atoms with van der Waals surface area (Å²) in [4.78, 5) is 3.93. The van der Waals surface area contributed by atoms with Crippen LogP contribution in [0.3, 0.4) is 0 Å². The number of rotatable bonds is 8. The third kappa shape index (κ3) is 4.78. The number of thiophene rings is 1. The number of hydrogen-bond donors (Lipinski definition) is 1. The van der Waals surface area contributed by atoms with Crippen LogP contribution in [-0.4, -0.2) is 30.6 Å². The van der Waals surface area contributed by atoms with E-state index in [1.54, 1.807) is 0 Å². The van der Waals surface area contributed by atoms with Crippen LogP contribution in [0.15, 0.2) is 17.5 Å². The highest BCUT2D eigenvalue weighted by Crippen LogP contribution is 2.22. The third-order valence-electron chi connectivity index (χ3n) is 3.21. The first kappa shape index (κ1) is 14.7. The monoisotopic (exact) mass is 254 g/mol. The number of nitrogens with zero attached hydrogens (tertiary/aromatic N) is 1. The van der Waals surface area contributed by atoms with E-state index in [9.17, 15) is 0 Å². The summed E-state index contributed by atoms with van der Waals surface area (Å²) in [7, 11) is 0. The topological polar surface area (TPSA) is 15.3 Å². The molecule has 1 rings (SSSR count). The molecule has 2 atom stereocenters. The summed E-state index contributed by atoms with van der Waals surface area (Å²) in [6, 6.07) is 5.43. The van der Waals surface area contributed by atoms with Crippen molar-refractivity contribution in [1.82, 2.24) is 10.2 Å². The molecule has 2 unspecified atom stereocenters. The van der Waals surface area contributed by atoms with Gasteiger partial charge in [-0.25, -0.2) is 0 Å². The molecular formula is C14H26N2S. The van der Waals surface area contributed by atoms with Gasteiger partial charge in [0.2, 0.25) is 0 Å². The lowest BCUT2D eigenvalue weighted by Gasteiger charge is -2.26. The zero-order valence-electron chi connectivity index (χ0n) is 11.6. The predicted octanol–water partition coefficient (Wildman–Crippen LogP) is 3.52. The molecule has 0 saturated heterocycles. The van der Waals surface area contributed by atoms with Crippen LogP contribution < -0.4 is 5.32 Å². The van der Waals surface area contributed by atoms with E-state index in [4.69, 9.17) is 0 Å². The molecule has 0 fully saturated rings. The molecule has 0 aromatic carbocycles. The maximum absolute atomic E-state index is 3.74. The van der Waals surface area contributed by atoms with Gasteiger partial charge in [-0.1, -0.05) is 26.8 Å². The van der Waals surface area contributed by atoms with Gasteiger partial charge in [0, 0.05) is 23.5 Å². The average molecular weight is 254 g/mol. The number of likely N-dealkylation sites (N-methyl/N-ethyl adjacent to an activating group) is 1. The maximum atomic E-state index is 3.74. The molecule has 0 aliphatic rings. The quantitative estimate of drug-likeness (QED) is 0.763. The molecule has 1 N–H and O–H groups in total. The van der Waals surface area contributed by atoms with Crippen molar-refractivity contribution in [3.8, 4) is 0 Å². The van der Waals surface area contributed by atoms with Crippen molar-refractivity contribution in [3.63, 3.8) is 0 Å². The van der Waals surface area contributed by atoms with Crippen LogP contribution in [0.5, 0.6) is 0 Å². The van der Waals surface area contributed by atoms with E-state index in [0.29, 0.717) is 12.1 Å². The molecule has 2 nitrogen and oxygen atoms in total. The molecule has 0 aliphatic heterocycles. The van der Waals surface area contributed by atoms with Gasteiger partial charge < -0.3 is 10.2 Å². The Hall–Kier alpha value is -0.380. The third-order valence-corrected chi connectivity index (χ3v) is 4.19. The summed E-state index contributed by atoms with van der Waals surface area (Å²) in [5, 5.41) is 5.90. The van der Waals surface area contributed by atoms with Crippen LogP contribution in [0.1, 0.15) is 45.0 Å². The second kappa shape index (κ2) is 7.85. The molecular weight excluding hydrogens is 228 g/mol. The molecule has 3 heteroatoms. The fourth-order valence-electron chi connectivity index (χ4n) is 2.16. The first-order valence-corrected chi connectivity index (χ1v) is 7.60. The van der Waals surface area contributed by atoms with Crippen molar-refractivity contribution in [2.24, 2.45) is 0 Å². The fraction of sp³-hybridized carbons (Fsp3) is 0.714. The maximum Gasteiger partial charge on any atom is 0.0414 e. The van der Waals surface area contributed by atoms with E-state index in [2.05, 4.69) is 55.4 Å². The van der Waals surface area contributed by atoms with E-state index >= 15 is 0 Å². The molecule has 0 bridgehead atoms. The standard InChI is InChI=1S/C14H26N2S/c1-5-13(14-9-8-10-17-14)15-12(4)11-16(6-2)7-3/h8-10,12-13,15H,5-7,11H2,1-4H3. The molecule has 1 aromatic rings. The van der Waals surface area contributed by atoms with E-state index in [0.717, 1.165) is 26.1 Å². The number of nitrogens with one attached hydrogen (secondary N) is 1. The summed E-state index contributed by atoms with van der Waals surface area (Å²) in [6.45, 7) is 12.4. The Kier molecular flexibility index (Phi) is 6.78. The Morgan fingerprint density at radius 1 is 1.29 bits per heavy atom.